The van der Waals surface area contributed by atoms with Gasteiger partial charge in [-0.25, -0.2) is 4.79 Å². The van der Waals surface area contributed by atoms with Gasteiger partial charge < -0.3 is 15.6 Å². The third-order valence-electron chi connectivity index (χ3n) is 2.80. The van der Waals surface area contributed by atoms with Crippen LogP contribution in [0.2, 0.25) is 0 Å². The summed E-state index contributed by atoms with van der Waals surface area (Å²) in [5, 5.41) is 2.54. The molecule has 0 aliphatic rings. The molecule has 8 nitrogen and oxygen atoms in total. The van der Waals surface area contributed by atoms with E-state index < -0.39 is 29.3 Å². The van der Waals surface area contributed by atoms with E-state index >= 15 is 0 Å². The van der Waals surface area contributed by atoms with Crippen LogP contribution in [0.4, 0.5) is 0 Å². The van der Waals surface area contributed by atoms with Crippen molar-refractivity contribution < 1.29 is 23.9 Å². The van der Waals surface area contributed by atoms with Crippen LogP contribution in [0.1, 0.15) is 44.0 Å². The van der Waals surface area contributed by atoms with Crippen molar-refractivity contribution in [3.63, 3.8) is 0 Å². The Balaban J connectivity index is 2.83. The molecule has 1 heterocycles. The highest BCUT2D eigenvalue weighted by molar-refractivity contribution is 6.25. The number of pyridine rings is 1. The van der Waals surface area contributed by atoms with Crippen molar-refractivity contribution in [3.05, 3.63) is 35.6 Å². The lowest BCUT2D eigenvalue weighted by atomic mass is 10.1. The van der Waals surface area contributed by atoms with Crippen LogP contribution >= 0.6 is 0 Å². The summed E-state index contributed by atoms with van der Waals surface area (Å²) >= 11 is 0. The third kappa shape index (κ3) is 6.93. The fourth-order valence-corrected chi connectivity index (χ4v) is 1.78. The Hall–Kier alpha value is -2.86. The number of rotatable bonds is 7. The van der Waals surface area contributed by atoms with Gasteiger partial charge in [-0.15, -0.1) is 0 Å². The molecule has 1 amide bonds. The van der Waals surface area contributed by atoms with Crippen molar-refractivity contribution in [3.8, 4) is 0 Å². The van der Waals surface area contributed by atoms with Crippen molar-refractivity contribution in [1.82, 2.24) is 10.3 Å². The molecule has 0 fully saturated rings. The maximum Gasteiger partial charge on any atom is 0.329 e. The molecule has 1 aromatic rings. The molecule has 0 aromatic carbocycles. The number of carbonyl (C=O) groups is 3. The average Bonchev–Trinajstić information content (AvgIpc) is 2.50. The first-order valence-electron chi connectivity index (χ1n) is 7.37. The Kier molecular flexibility index (Phi) is 6.95. The summed E-state index contributed by atoms with van der Waals surface area (Å²) in [5.41, 5.74) is 7.89. The van der Waals surface area contributed by atoms with E-state index in [2.05, 4.69) is 15.1 Å². The maximum absolute atomic E-state index is 12.2. The van der Waals surface area contributed by atoms with Gasteiger partial charge in [0.2, 0.25) is 5.78 Å². The van der Waals surface area contributed by atoms with E-state index in [-0.39, 0.29) is 18.4 Å². The van der Waals surface area contributed by atoms with Crippen LogP contribution in [0.3, 0.4) is 0 Å². The summed E-state index contributed by atoms with van der Waals surface area (Å²) < 4.78 is 5.27. The number of esters is 1. The predicted molar refractivity (Wildman–Crippen MR) is 85.3 cm³/mol. The van der Waals surface area contributed by atoms with Gasteiger partial charge in [-0.1, -0.05) is 0 Å². The predicted octanol–water partition coefficient (Wildman–Crippen LogP) is 1.17. The maximum atomic E-state index is 12.2. The molecule has 128 valence electrons. The van der Waals surface area contributed by atoms with Crippen molar-refractivity contribution in [2.24, 2.45) is 0 Å². The molecule has 0 radical (unpaired) electrons. The van der Waals surface area contributed by atoms with Gasteiger partial charge in [0.1, 0.15) is 11.6 Å². The Bertz CT molecular complexity index is 646. The fourth-order valence-electron chi connectivity index (χ4n) is 1.78. The number of nitrogens with one attached hydrogen (secondary N) is 1. The molecule has 0 bridgehead atoms. The minimum atomic E-state index is -1.01. The number of hydrogen-bond acceptors (Lipinski definition) is 5. The van der Waals surface area contributed by atoms with E-state index in [0.29, 0.717) is 0 Å². The van der Waals surface area contributed by atoms with Crippen LogP contribution in [0.5, 0.6) is 0 Å². The third-order valence-corrected chi connectivity index (χ3v) is 2.80. The van der Waals surface area contributed by atoms with Gasteiger partial charge in [-0.3, -0.25) is 14.6 Å². The first kappa shape index (κ1) is 19.2. The molecule has 0 unspecified atom stereocenters. The van der Waals surface area contributed by atoms with E-state index in [1.165, 1.54) is 12.4 Å². The van der Waals surface area contributed by atoms with Gasteiger partial charge in [-0.2, -0.15) is 4.79 Å². The molecule has 1 atom stereocenters. The molecule has 1 rings (SSSR count). The lowest BCUT2D eigenvalue weighted by Gasteiger charge is -2.24. The smallest absolute Gasteiger partial charge is 0.329 e. The molecular weight excluding hydrogens is 312 g/mol. The molecule has 1 aromatic heterocycles. The van der Waals surface area contributed by atoms with Gasteiger partial charge in [0.05, 0.1) is 5.56 Å². The molecule has 0 saturated heterocycles. The van der Waals surface area contributed by atoms with Crippen molar-refractivity contribution in [2.45, 2.75) is 45.3 Å². The number of hydrogen-bond donors (Lipinski definition) is 1. The number of Topliss-reactive ketones (excluding diaryl/α,β-unsaturated/α-hetero) is 1. The Labute approximate surface area is 139 Å². The zero-order valence-corrected chi connectivity index (χ0v) is 13.9. The van der Waals surface area contributed by atoms with Gasteiger partial charge >= 0.3 is 12.2 Å². The molecular formula is C16H20N4O4. The highest BCUT2D eigenvalue weighted by Crippen LogP contribution is 2.11. The van der Waals surface area contributed by atoms with Gasteiger partial charge in [0, 0.05) is 18.8 Å². The molecule has 8 heteroatoms. The Morgan fingerprint density at radius 1 is 1.42 bits per heavy atom. The van der Waals surface area contributed by atoms with E-state index in [4.69, 9.17) is 10.3 Å². The quantitative estimate of drug-likeness (QED) is 0.347. The first-order chi connectivity index (χ1) is 11.2. The SMILES string of the molecule is CC(C)(C)OC(=O)[C@H](CCC(=O)C=[N+]=[N-])NC(=O)c1cccnc1. The summed E-state index contributed by atoms with van der Waals surface area (Å²) in [7, 11) is 0. The van der Waals surface area contributed by atoms with E-state index in [1.807, 2.05) is 0 Å². The summed E-state index contributed by atoms with van der Waals surface area (Å²) in [6.45, 7) is 5.11. The Morgan fingerprint density at radius 3 is 2.67 bits per heavy atom. The monoisotopic (exact) mass is 332 g/mol. The van der Waals surface area contributed by atoms with Crippen LogP contribution in [0, 0.1) is 0 Å². The van der Waals surface area contributed by atoms with Crippen molar-refractivity contribution >= 4 is 23.9 Å². The molecule has 0 spiro atoms. The second-order valence-corrected chi connectivity index (χ2v) is 6.05. The highest BCUT2D eigenvalue weighted by atomic mass is 16.6. The number of nitrogens with zero attached hydrogens (tertiary/aromatic N) is 3. The normalized spacial score (nSPS) is 11.8. The average molecular weight is 332 g/mol. The zero-order chi connectivity index (χ0) is 18.2. The number of amides is 1. The molecule has 0 aliphatic carbocycles. The van der Waals surface area contributed by atoms with E-state index in [1.54, 1.807) is 32.9 Å². The van der Waals surface area contributed by atoms with E-state index in [0.717, 1.165) is 6.21 Å². The van der Waals surface area contributed by atoms with Crippen LogP contribution in [-0.4, -0.2) is 45.3 Å². The largest absolute Gasteiger partial charge is 0.458 e. The fraction of sp³-hybridized carbons (Fsp3) is 0.438. The van der Waals surface area contributed by atoms with Crippen LogP contribution < -0.4 is 5.32 Å². The minimum Gasteiger partial charge on any atom is -0.458 e. The topological polar surface area (TPSA) is 122 Å². The zero-order valence-electron chi connectivity index (χ0n) is 13.9. The Morgan fingerprint density at radius 2 is 2.12 bits per heavy atom. The number of ether oxygens (including phenoxy) is 1. The molecule has 24 heavy (non-hydrogen) atoms. The number of carbonyl (C=O) groups excluding carboxylic acids is 3. The second kappa shape index (κ2) is 8.69. The first-order valence-corrected chi connectivity index (χ1v) is 7.37. The molecule has 0 saturated carbocycles. The summed E-state index contributed by atoms with van der Waals surface area (Å²) in [6.07, 6.45) is 3.57. The van der Waals surface area contributed by atoms with Crippen LogP contribution in [0.15, 0.2) is 24.5 Å². The minimum absolute atomic E-state index is 0.0196. The van der Waals surface area contributed by atoms with Gasteiger partial charge in [0.25, 0.3) is 5.91 Å². The van der Waals surface area contributed by atoms with Crippen LogP contribution in [0.25, 0.3) is 5.53 Å². The highest BCUT2D eigenvalue weighted by Gasteiger charge is 2.27. The number of ketones is 1. The molecule has 1 N–H and O–H groups in total. The van der Waals surface area contributed by atoms with Crippen LogP contribution in [-0.2, 0) is 14.3 Å². The van der Waals surface area contributed by atoms with Gasteiger partial charge in [0.15, 0.2) is 0 Å². The summed E-state index contributed by atoms with van der Waals surface area (Å²) in [5.74, 6) is -1.61. The molecule has 0 aliphatic heterocycles. The van der Waals surface area contributed by atoms with Crippen molar-refractivity contribution in [1.29, 1.82) is 0 Å². The standard InChI is InChI=1S/C16H20N4O4/c1-16(2,3)24-15(23)13(7-6-12(21)10-19-17)20-14(22)11-5-4-8-18-9-11/h4-5,8-10,13H,6-7H2,1-3H3,(H,20,22)/t13-/m0/s1. The lowest BCUT2D eigenvalue weighted by molar-refractivity contribution is -0.157. The summed E-state index contributed by atoms with van der Waals surface area (Å²) in [6, 6.07) is 2.14. The van der Waals surface area contributed by atoms with Crippen molar-refractivity contribution in [2.75, 3.05) is 0 Å². The summed E-state index contributed by atoms with van der Waals surface area (Å²) in [4.78, 5) is 42.3. The van der Waals surface area contributed by atoms with Gasteiger partial charge in [-0.05, 0) is 39.3 Å². The lowest BCUT2D eigenvalue weighted by Crippen LogP contribution is -2.44. The second-order valence-electron chi connectivity index (χ2n) is 6.05. The number of aromatic nitrogens is 1. The van der Waals surface area contributed by atoms with E-state index in [9.17, 15) is 14.4 Å².